The van der Waals surface area contributed by atoms with Crippen molar-refractivity contribution in [2.75, 3.05) is 19.7 Å². The number of phenols is 1. The maximum absolute atomic E-state index is 13.4. The van der Waals surface area contributed by atoms with Gasteiger partial charge in [0.25, 0.3) is 23.6 Å². The first kappa shape index (κ1) is 63.4. The minimum Gasteiger partial charge on any atom is -0.504 e. The first-order valence-electron chi connectivity index (χ1n) is 28.7. The van der Waals surface area contributed by atoms with E-state index in [1.807, 2.05) is 109 Å². The first-order chi connectivity index (χ1) is 41.7. The molecule has 5 N–H and O–H groups in total. The normalized spacial score (nSPS) is 11.2. The Balaban J connectivity index is 0.000000250. The second-order valence-electron chi connectivity index (χ2n) is 21.0. The Hall–Kier alpha value is -10.2. The molecule has 0 spiro atoms. The van der Waals surface area contributed by atoms with Gasteiger partial charge in [0.1, 0.15) is 30.2 Å². The van der Waals surface area contributed by atoms with E-state index in [1.165, 1.54) is 17.2 Å². The molecule has 14 nitrogen and oxygen atoms in total. The number of carbonyl (C=O) groups is 5. The highest BCUT2D eigenvalue weighted by Crippen LogP contribution is 2.31. The van der Waals surface area contributed by atoms with Crippen LogP contribution >= 0.6 is 0 Å². The Bertz CT molecular complexity index is 3480. The molecule has 0 radical (unpaired) electrons. The van der Waals surface area contributed by atoms with E-state index in [0.717, 1.165) is 49.7 Å². The summed E-state index contributed by atoms with van der Waals surface area (Å²) >= 11 is 0. The summed E-state index contributed by atoms with van der Waals surface area (Å²) in [6.45, 7) is 6.51. The van der Waals surface area contributed by atoms with Crippen LogP contribution in [-0.2, 0) is 45.2 Å². The molecule has 0 bridgehead atoms. The van der Waals surface area contributed by atoms with E-state index >= 15 is 0 Å². The molecule has 0 unspecified atom stereocenters. The number of amides is 4. The molecule has 0 saturated heterocycles. The van der Waals surface area contributed by atoms with Crippen molar-refractivity contribution >= 4 is 41.8 Å². The molecule has 0 atom stereocenters. The molecule has 0 aromatic heterocycles. The van der Waals surface area contributed by atoms with Crippen LogP contribution in [0.3, 0.4) is 0 Å². The summed E-state index contributed by atoms with van der Waals surface area (Å²) < 4.78 is 23.1. The lowest BCUT2D eigenvalue weighted by molar-refractivity contribution is -0.157. The Morgan fingerprint density at radius 1 is 0.430 bits per heavy atom. The summed E-state index contributed by atoms with van der Waals surface area (Å²) in [6.07, 6.45) is 8.44. The highest BCUT2D eigenvalue weighted by Gasteiger charge is 2.20. The predicted molar refractivity (Wildman–Crippen MR) is 336 cm³/mol. The molecule has 0 aliphatic carbocycles. The van der Waals surface area contributed by atoms with Crippen molar-refractivity contribution in [1.82, 2.24) is 21.3 Å². The van der Waals surface area contributed by atoms with Crippen LogP contribution in [0.5, 0.6) is 23.0 Å². The first-order valence-corrected chi connectivity index (χ1v) is 28.7. The van der Waals surface area contributed by atoms with Crippen LogP contribution in [0.4, 0.5) is 0 Å². The molecule has 442 valence electrons. The summed E-state index contributed by atoms with van der Waals surface area (Å²) in [5.41, 5.74) is 5.99. The number of rotatable bonds is 27. The van der Waals surface area contributed by atoms with Gasteiger partial charge in [0.05, 0.1) is 0 Å². The van der Waals surface area contributed by atoms with Crippen molar-refractivity contribution in [3.8, 4) is 23.0 Å². The number of aromatic hydroxyl groups is 1. The van der Waals surface area contributed by atoms with E-state index in [9.17, 15) is 29.1 Å². The summed E-state index contributed by atoms with van der Waals surface area (Å²) in [7, 11) is 0. The highest BCUT2D eigenvalue weighted by molar-refractivity contribution is 6.06. The zero-order valence-electron chi connectivity index (χ0n) is 48.8. The monoisotopic (exact) mass is 1150 g/mol. The van der Waals surface area contributed by atoms with Gasteiger partial charge in [-0.3, -0.25) is 19.2 Å². The number of carbonyl (C=O) groups excluding carboxylic acids is 5. The van der Waals surface area contributed by atoms with E-state index in [4.69, 9.17) is 18.9 Å². The van der Waals surface area contributed by atoms with Crippen molar-refractivity contribution in [1.29, 1.82) is 0 Å². The van der Waals surface area contributed by atoms with Gasteiger partial charge < -0.3 is 45.3 Å². The maximum atomic E-state index is 13.4. The van der Waals surface area contributed by atoms with Crippen molar-refractivity contribution in [2.24, 2.45) is 0 Å². The lowest BCUT2D eigenvalue weighted by Crippen LogP contribution is -2.35. The van der Waals surface area contributed by atoms with Gasteiger partial charge in [0.2, 0.25) is 0 Å². The van der Waals surface area contributed by atoms with Crippen molar-refractivity contribution in [3.05, 3.63) is 274 Å². The average Bonchev–Trinajstić information content (AvgIpc) is 3.52. The second-order valence-corrected chi connectivity index (χ2v) is 21.0. The fourth-order valence-electron chi connectivity index (χ4n) is 8.57. The van der Waals surface area contributed by atoms with Crippen LogP contribution in [0.15, 0.2) is 230 Å². The molecule has 4 amide bonds. The number of aryl methyl sites for hydroxylation is 2. The molecule has 0 aliphatic heterocycles. The molecular weight excluding hydrogens is 1080 g/mol. The van der Waals surface area contributed by atoms with E-state index < -0.39 is 23.4 Å². The number of unbranched alkanes of at least 4 members (excludes halogenated alkanes) is 2. The zero-order chi connectivity index (χ0) is 60.8. The van der Waals surface area contributed by atoms with Gasteiger partial charge >= 0.3 is 5.97 Å². The predicted octanol–water partition coefficient (Wildman–Crippen LogP) is 12.8. The molecule has 0 fully saturated rings. The van der Waals surface area contributed by atoms with E-state index in [-0.39, 0.29) is 54.5 Å². The minimum atomic E-state index is -0.648. The number of esters is 1. The van der Waals surface area contributed by atoms with E-state index in [0.29, 0.717) is 46.8 Å². The highest BCUT2D eigenvalue weighted by atomic mass is 16.6. The second kappa shape index (κ2) is 33.8. The average molecular weight is 1160 g/mol. The summed E-state index contributed by atoms with van der Waals surface area (Å²) in [5, 5.41) is 21.7. The molecule has 8 aromatic carbocycles. The SMILES string of the molecule is CC(C)(C)OC(=O)COc1ccc(C=C(NC(=O)c2ccccc2)C(=O)NCCCCc2ccccc2)cc1OCc1ccccc1.O=C(NCCCCc1ccccc1)C(=Cc1ccc(O)c(OCc2ccccc2)c1)NC(=O)c1ccccc1. The number of hydrogen-bond donors (Lipinski definition) is 5. The summed E-state index contributed by atoms with van der Waals surface area (Å²) in [4.78, 5) is 64.8. The van der Waals surface area contributed by atoms with Crippen LogP contribution < -0.4 is 35.5 Å². The molecule has 86 heavy (non-hydrogen) atoms. The number of benzene rings is 8. The van der Waals surface area contributed by atoms with Crippen molar-refractivity contribution in [2.45, 2.75) is 78.1 Å². The summed E-state index contributed by atoms with van der Waals surface area (Å²) in [5.74, 6) is -1.15. The summed E-state index contributed by atoms with van der Waals surface area (Å²) in [6, 6.07) is 67.0. The molecule has 8 rings (SSSR count). The molecule has 14 heteroatoms. The Morgan fingerprint density at radius 3 is 1.24 bits per heavy atom. The van der Waals surface area contributed by atoms with Gasteiger partial charge in [0, 0.05) is 24.2 Å². The Labute approximate surface area is 503 Å². The van der Waals surface area contributed by atoms with E-state index in [2.05, 4.69) is 45.5 Å². The fourth-order valence-corrected chi connectivity index (χ4v) is 8.57. The molecular formula is C72H74N4O10. The van der Waals surface area contributed by atoms with Crippen LogP contribution in [0.1, 0.15) is 101 Å². The molecule has 8 aromatic rings. The Kier molecular flexibility index (Phi) is 24.9. The van der Waals surface area contributed by atoms with Gasteiger partial charge in [0.15, 0.2) is 29.6 Å². The van der Waals surface area contributed by atoms with Gasteiger partial charge in [-0.1, -0.05) is 170 Å². The van der Waals surface area contributed by atoms with Crippen LogP contribution in [0, 0.1) is 0 Å². The molecule has 0 heterocycles. The molecule has 0 aliphatic rings. The fraction of sp³-hybridized carbons (Fsp3) is 0.208. The number of nitrogens with one attached hydrogen (secondary N) is 4. The standard InChI is InChI=1S/C39H42N2O6.C33H32N2O4/c1-39(2,3)47-36(42)28-46-34-23-22-31(26-35(34)45-27-30-18-9-5-10-19-30)25-33(41-37(43)32-20-11-6-12-21-32)38(44)40-24-14-13-17-29-15-7-4-8-16-29;36-30-20-19-27(23-31(30)39-24-26-15-6-2-7-16-26)22-29(35-32(37)28-17-8-3-9-18-28)33(38)34-21-11-10-14-25-12-4-1-5-13-25/h4-12,15-16,18-23,25-26H,13-14,17,24,27-28H2,1-3H3,(H,40,44)(H,41,43);1-9,12-13,15-20,22-23,36H,10-11,14,21,24H2,(H,34,38)(H,35,37). The van der Waals surface area contributed by atoms with Crippen LogP contribution in [0.25, 0.3) is 12.2 Å². The largest absolute Gasteiger partial charge is 0.504 e. The van der Waals surface area contributed by atoms with Gasteiger partial charge in [-0.05, 0) is 153 Å². The van der Waals surface area contributed by atoms with Crippen molar-refractivity contribution in [3.63, 3.8) is 0 Å². The maximum Gasteiger partial charge on any atom is 0.344 e. The topological polar surface area (TPSA) is 191 Å². The number of ether oxygens (including phenoxy) is 4. The quantitative estimate of drug-likeness (QED) is 0.0188. The van der Waals surface area contributed by atoms with Gasteiger partial charge in [-0.15, -0.1) is 0 Å². The third-order valence-electron chi connectivity index (χ3n) is 12.9. The minimum absolute atomic E-state index is 0.0131. The molecule has 0 saturated carbocycles. The third-order valence-corrected chi connectivity index (χ3v) is 12.9. The van der Waals surface area contributed by atoms with Crippen LogP contribution in [-0.4, -0.2) is 60.0 Å². The smallest absolute Gasteiger partial charge is 0.344 e. The lowest BCUT2D eigenvalue weighted by atomic mass is 10.1. The number of hydrogen-bond acceptors (Lipinski definition) is 10. The van der Waals surface area contributed by atoms with Gasteiger partial charge in [-0.25, -0.2) is 4.79 Å². The lowest BCUT2D eigenvalue weighted by Gasteiger charge is -2.20. The third kappa shape index (κ3) is 22.5. The van der Waals surface area contributed by atoms with Gasteiger partial charge in [-0.2, -0.15) is 0 Å². The van der Waals surface area contributed by atoms with Crippen LogP contribution in [0.2, 0.25) is 0 Å². The van der Waals surface area contributed by atoms with Crippen molar-refractivity contribution < 1.29 is 48.0 Å². The number of phenolic OH excluding ortho intramolecular Hbond substituents is 1. The van der Waals surface area contributed by atoms with E-state index in [1.54, 1.807) is 112 Å². The zero-order valence-corrected chi connectivity index (χ0v) is 48.8. The Morgan fingerprint density at radius 2 is 0.814 bits per heavy atom.